The first-order valence-electron chi connectivity index (χ1n) is 5.97. The summed E-state index contributed by atoms with van der Waals surface area (Å²) in [5, 5.41) is 3.85. The zero-order valence-corrected chi connectivity index (χ0v) is 11.9. The van der Waals surface area contributed by atoms with Crippen LogP contribution in [0.25, 0.3) is 5.65 Å². The van der Waals surface area contributed by atoms with Crippen LogP contribution in [0, 0.1) is 0 Å². The third kappa shape index (κ3) is 2.19. The molecule has 0 amide bonds. The average Bonchev–Trinajstić information content (AvgIpc) is 3.02. The molecule has 0 fully saturated rings. The Kier molecular flexibility index (Phi) is 3.03. The number of anilines is 2. The van der Waals surface area contributed by atoms with Crippen molar-refractivity contribution in [2.24, 2.45) is 12.9 Å². The van der Waals surface area contributed by atoms with Crippen LogP contribution < -0.4 is 16.0 Å². The number of hydrogen-bond donors (Lipinski definition) is 3. The van der Waals surface area contributed by atoms with Crippen molar-refractivity contribution < 1.29 is 8.42 Å². The molecule has 0 aliphatic heterocycles. The van der Waals surface area contributed by atoms with Crippen molar-refractivity contribution in [2.75, 3.05) is 10.1 Å². The van der Waals surface area contributed by atoms with E-state index in [1.165, 1.54) is 15.3 Å². The summed E-state index contributed by atoms with van der Waals surface area (Å²) in [6.07, 6.45) is 3.09. The Balaban J connectivity index is 2.16. The molecule has 0 saturated carbocycles. The third-order valence-corrected chi connectivity index (χ3v) is 4.31. The molecule has 0 radical (unpaired) electrons. The predicted octanol–water partition coefficient (Wildman–Crippen LogP) is 0.154. The van der Waals surface area contributed by atoms with Crippen LogP contribution in [0.4, 0.5) is 11.6 Å². The fourth-order valence-electron chi connectivity index (χ4n) is 1.98. The van der Waals surface area contributed by atoms with Crippen LogP contribution in [0.2, 0.25) is 0 Å². The van der Waals surface area contributed by atoms with Gasteiger partial charge in [0.2, 0.25) is 5.03 Å². The first kappa shape index (κ1) is 13.4. The Labute approximate surface area is 120 Å². The highest BCUT2D eigenvalue weighted by atomic mass is 32.2. The highest BCUT2D eigenvalue weighted by Crippen LogP contribution is 2.24. The summed E-state index contributed by atoms with van der Waals surface area (Å²) >= 11 is 0. The number of nitrogen functional groups attached to an aromatic ring is 1. The molecule has 110 valence electrons. The van der Waals surface area contributed by atoms with Crippen LogP contribution >= 0.6 is 0 Å². The maximum absolute atomic E-state index is 12.6. The van der Waals surface area contributed by atoms with Crippen LogP contribution in [0.3, 0.4) is 0 Å². The first-order valence-corrected chi connectivity index (χ1v) is 7.46. The molecule has 3 rings (SSSR count). The fraction of sp³-hybridized carbons (Fsp3) is 0.0909. The first-order chi connectivity index (χ1) is 10.0. The van der Waals surface area contributed by atoms with Gasteiger partial charge < -0.3 is 5.43 Å². The normalized spacial score (nSPS) is 11.7. The lowest BCUT2D eigenvalue weighted by Crippen LogP contribution is -2.20. The van der Waals surface area contributed by atoms with Gasteiger partial charge >= 0.3 is 0 Å². The molecule has 0 unspecified atom stereocenters. The molecule has 4 N–H and O–H groups in total. The molecule has 0 saturated heterocycles. The Morgan fingerprint density at radius 1 is 1.29 bits per heavy atom. The third-order valence-electron chi connectivity index (χ3n) is 2.94. The molecule has 0 bridgehead atoms. The van der Waals surface area contributed by atoms with Crippen molar-refractivity contribution in [1.82, 2.24) is 19.2 Å². The number of imidazole rings is 1. The largest absolute Gasteiger partial charge is 0.306 e. The van der Waals surface area contributed by atoms with Gasteiger partial charge in [0.1, 0.15) is 11.5 Å². The Hall–Kier alpha value is -2.59. The van der Waals surface area contributed by atoms with Crippen molar-refractivity contribution in [3.63, 3.8) is 0 Å². The number of nitrogens with one attached hydrogen (secondary N) is 2. The van der Waals surface area contributed by atoms with E-state index in [2.05, 4.69) is 20.2 Å². The van der Waals surface area contributed by atoms with Gasteiger partial charge in [-0.25, -0.2) is 10.8 Å². The highest BCUT2D eigenvalue weighted by Gasteiger charge is 2.25. The van der Waals surface area contributed by atoms with Crippen molar-refractivity contribution in [1.29, 1.82) is 0 Å². The van der Waals surface area contributed by atoms with Gasteiger partial charge in [0.25, 0.3) is 10.0 Å². The minimum absolute atomic E-state index is 0.0656. The molecule has 0 spiro atoms. The Bertz CT molecular complexity index is 896. The summed E-state index contributed by atoms with van der Waals surface area (Å²) in [4.78, 5) is 4.13. The molecule has 0 aliphatic rings. The van der Waals surface area contributed by atoms with E-state index in [-0.39, 0.29) is 10.8 Å². The molecule has 9 nitrogen and oxygen atoms in total. The SMILES string of the molecule is Cn1nccc1NS(=O)(=O)c1c(NN)nc2ccccn12. The average molecular weight is 307 g/mol. The maximum atomic E-state index is 12.6. The van der Waals surface area contributed by atoms with Crippen molar-refractivity contribution in [3.8, 4) is 0 Å². The number of hydrogen-bond acceptors (Lipinski definition) is 6. The summed E-state index contributed by atoms with van der Waals surface area (Å²) in [5.41, 5.74) is 2.78. The number of aromatic nitrogens is 4. The van der Waals surface area contributed by atoms with E-state index in [1.807, 2.05) is 0 Å². The van der Waals surface area contributed by atoms with Crippen molar-refractivity contribution >= 4 is 27.3 Å². The number of pyridine rings is 1. The summed E-state index contributed by atoms with van der Waals surface area (Å²) in [5.74, 6) is 5.78. The van der Waals surface area contributed by atoms with Crippen molar-refractivity contribution in [2.45, 2.75) is 5.03 Å². The Morgan fingerprint density at radius 2 is 2.10 bits per heavy atom. The van der Waals surface area contributed by atoms with Gasteiger partial charge in [0, 0.05) is 19.3 Å². The summed E-state index contributed by atoms with van der Waals surface area (Å²) in [6.45, 7) is 0. The molecule has 0 atom stereocenters. The number of nitrogens with zero attached hydrogens (tertiary/aromatic N) is 4. The van der Waals surface area contributed by atoms with E-state index in [0.717, 1.165) is 0 Å². The molecular formula is C11H13N7O2S. The molecule has 21 heavy (non-hydrogen) atoms. The van der Waals surface area contributed by atoms with E-state index < -0.39 is 10.0 Å². The summed E-state index contributed by atoms with van der Waals surface area (Å²) < 4.78 is 30.5. The van der Waals surface area contributed by atoms with Crippen LogP contribution in [0.1, 0.15) is 0 Å². The lowest BCUT2D eigenvalue weighted by atomic mass is 10.5. The number of hydrazine groups is 1. The monoisotopic (exact) mass is 307 g/mol. The zero-order chi connectivity index (χ0) is 15.0. The van der Waals surface area contributed by atoms with E-state index in [1.54, 1.807) is 37.5 Å². The minimum atomic E-state index is -3.88. The fourth-order valence-corrected chi connectivity index (χ4v) is 3.33. The van der Waals surface area contributed by atoms with Crippen LogP contribution in [-0.4, -0.2) is 27.6 Å². The standard InChI is InChI=1S/C11H13N7O2S/c1-17-9(5-6-13-17)16-21(19,20)11-10(15-12)14-8-4-2-3-7-18(8)11/h2-7,15-16H,12H2,1H3. The second kappa shape index (κ2) is 4.75. The lowest BCUT2D eigenvalue weighted by Gasteiger charge is -2.09. The second-order valence-corrected chi connectivity index (χ2v) is 5.88. The number of fused-ring (bicyclic) bond motifs is 1. The van der Waals surface area contributed by atoms with E-state index in [0.29, 0.717) is 11.5 Å². The number of nitrogens with two attached hydrogens (primary N) is 1. The van der Waals surface area contributed by atoms with Crippen LogP contribution in [-0.2, 0) is 17.1 Å². The summed E-state index contributed by atoms with van der Waals surface area (Å²) in [7, 11) is -2.25. The zero-order valence-electron chi connectivity index (χ0n) is 11.1. The molecule has 3 aromatic rings. The van der Waals surface area contributed by atoms with E-state index in [4.69, 9.17) is 5.84 Å². The van der Waals surface area contributed by atoms with Gasteiger partial charge in [-0.05, 0) is 12.1 Å². The number of sulfonamides is 1. The van der Waals surface area contributed by atoms with Gasteiger partial charge in [-0.1, -0.05) is 6.07 Å². The molecule has 3 heterocycles. The number of rotatable bonds is 4. The van der Waals surface area contributed by atoms with Gasteiger partial charge in [-0.15, -0.1) is 0 Å². The number of aryl methyl sites for hydroxylation is 1. The van der Waals surface area contributed by atoms with Gasteiger partial charge in [-0.2, -0.15) is 13.5 Å². The van der Waals surface area contributed by atoms with Gasteiger partial charge in [0.05, 0.1) is 6.20 Å². The molecular weight excluding hydrogens is 294 g/mol. The second-order valence-electron chi connectivity index (χ2n) is 4.28. The topological polar surface area (TPSA) is 119 Å². The minimum Gasteiger partial charge on any atom is -0.306 e. The van der Waals surface area contributed by atoms with E-state index in [9.17, 15) is 8.42 Å². The van der Waals surface area contributed by atoms with Crippen molar-refractivity contribution in [3.05, 3.63) is 36.7 Å². The Morgan fingerprint density at radius 3 is 2.76 bits per heavy atom. The maximum Gasteiger partial charge on any atom is 0.282 e. The van der Waals surface area contributed by atoms with E-state index >= 15 is 0 Å². The molecule has 3 aromatic heterocycles. The lowest BCUT2D eigenvalue weighted by molar-refractivity contribution is 0.596. The predicted molar refractivity (Wildman–Crippen MR) is 77.0 cm³/mol. The summed E-state index contributed by atoms with van der Waals surface area (Å²) in [6, 6.07) is 6.70. The van der Waals surface area contributed by atoms with Gasteiger partial charge in [0.15, 0.2) is 5.82 Å². The smallest absolute Gasteiger partial charge is 0.282 e. The molecule has 0 aromatic carbocycles. The highest BCUT2D eigenvalue weighted by molar-refractivity contribution is 7.92. The van der Waals surface area contributed by atoms with Crippen LogP contribution in [0.15, 0.2) is 41.7 Å². The molecule has 0 aliphatic carbocycles. The quantitative estimate of drug-likeness (QED) is 0.466. The molecule has 10 heteroatoms. The van der Waals surface area contributed by atoms with Gasteiger partial charge in [-0.3, -0.25) is 13.8 Å². The van der Waals surface area contributed by atoms with Crippen LogP contribution in [0.5, 0.6) is 0 Å².